The summed E-state index contributed by atoms with van der Waals surface area (Å²) in [4.78, 5) is -0.0255. The zero-order valence-electron chi connectivity index (χ0n) is 6.34. The molecule has 0 aliphatic rings. The van der Waals surface area contributed by atoms with Crippen LogP contribution in [0.3, 0.4) is 0 Å². The molecule has 0 saturated heterocycles. The lowest BCUT2D eigenvalue weighted by molar-refractivity contribution is 0.492. The lowest BCUT2D eigenvalue weighted by atomic mass is 10.4. The Bertz CT molecular complexity index is 385. The van der Waals surface area contributed by atoms with Crippen LogP contribution < -0.4 is 0 Å². The van der Waals surface area contributed by atoms with E-state index in [0.29, 0.717) is 0 Å². The summed E-state index contributed by atoms with van der Waals surface area (Å²) in [6.45, 7) is 0. The second kappa shape index (κ2) is 3.44. The van der Waals surface area contributed by atoms with Crippen molar-refractivity contribution in [3.05, 3.63) is 30.3 Å². The van der Waals surface area contributed by atoms with Gasteiger partial charge in [0.15, 0.2) is 0 Å². The number of hydrogen-bond donors (Lipinski definition) is 1. The smallest absolute Gasteiger partial charge is 0.244 e. The Hall–Kier alpha value is -0.320. The number of halogens is 3. The van der Waals surface area contributed by atoms with E-state index in [9.17, 15) is 8.60 Å². The van der Waals surface area contributed by atoms with Gasteiger partial charge in [0.1, 0.15) is 9.73 Å². The Morgan fingerprint density at radius 3 is 2.15 bits per heavy atom. The number of nitrogens with one attached hydrogen (secondary N) is 1. The van der Waals surface area contributed by atoms with Gasteiger partial charge in [-0.05, 0) is 35.3 Å². The normalized spacial score (nSPS) is 16.5. The molecule has 0 aliphatic carbocycles. The van der Waals surface area contributed by atoms with Crippen LogP contribution >= 0.6 is 23.2 Å². The molecule has 1 unspecified atom stereocenters. The number of alkyl halides is 3. The minimum absolute atomic E-state index is 0.0255. The van der Waals surface area contributed by atoms with Crippen molar-refractivity contribution in [1.82, 2.24) is 0 Å². The molecule has 0 spiro atoms. The highest BCUT2D eigenvalue weighted by atomic mass is 35.5. The lowest BCUT2D eigenvalue weighted by Gasteiger charge is -2.13. The van der Waals surface area contributed by atoms with Crippen LogP contribution in [0, 0.1) is 4.78 Å². The van der Waals surface area contributed by atoms with Crippen molar-refractivity contribution in [2.45, 2.75) is 8.81 Å². The first-order chi connectivity index (χ1) is 5.86. The first-order valence-electron chi connectivity index (χ1n) is 3.26. The van der Waals surface area contributed by atoms with Gasteiger partial charge in [-0.25, -0.2) is 8.99 Å². The van der Waals surface area contributed by atoms with Gasteiger partial charge in [-0.1, -0.05) is 18.2 Å². The van der Waals surface area contributed by atoms with E-state index in [1.54, 1.807) is 6.07 Å². The second-order valence-electron chi connectivity index (χ2n) is 2.31. The van der Waals surface area contributed by atoms with E-state index < -0.39 is 13.6 Å². The van der Waals surface area contributed by atoms with Crippen molar-refractivity contribution >= 4 is 32.9 Å². The minimum atomic E-state index is -3.81. The Balaban J connectivity index is 3.26. The molecule has 0 aromatic heterocycles. The second-order valence-corrected chi connectivity index (χ2v) is 6.14. The molecule has 0 heterocycles. The third-order valence-electron chi connectivity index (χ3n) is 1.40. The third-order valence-corrected chi connectivity index (χ3v) is 4.29. The van der Waals surface area contributed by atoms with Gasteiger partial charge in [0, 0.05) is 0 Å². The Morgan fingerprint density at radius 2 is 1.77 bits per heavy atom. The molecule has 72 valence electrons. The van der Waals surface area contributed by atoms with E-state index in [4.69, 9.17) is 28.0 Å². The highest BCUT2D eigenvalue weighted by Gasteiger charge is 2.37. The van der Waals surface area contributed by atoms with Crippen molar-refractivity contribution in [3.63, 3.8) is 0 Å². The number of hydrogen-bond acceptors (Lipinski definition) is 2. The van der Waals surface area contributed by atoms with Gasteiger partial charge >= 0.3 is 3.92 Å². The Kier molecular flexibility index (Phi) is 2.85. The largest absolute Gasteiger partial charge is 0.344 e. The van der Waals surface area contributed by atoms with Crippen molar-refractivity contribution in [2.75, 3.05) is 0 Å². The standard InChI is InChI=1S/C7H6Cl2FNOS/c8-7(9,10)13(11,12)6-4-2-1-3-5-6/h1-5,11H. The highest BCUT2D eigenvalue weighted by molar-refractivity contribution is 7.96. The van der Waals surface area contributed by atoms with Gasteiger partial charge in [0.05, 0.1) is 4.90 Å². The van der Waals surface area contributed by atoms with Crippen LogP contribution in [-0.2, 0) is 9.73 Å². The van der Waals surface area contributed by atoms with Crippen LogP contribution in [-0.4, -0.2) is 8.13 Å². The van der Waals surface area contributed by atoms with Gasteiger partial charge in [-0.2, -0.15) is 4.39 Å². The van der Waals surface area contributed by atoms with Crippen LogP contribution in [0.2, 0.25) is 0 Å². The molecule has 1 aromatic carbocycles. The molecule has 1 N–H and O–H groups in total. The first-order valence-corrected chi connectivity index (χ1v) is 5.57. The Labute approximate surface area is 85.6 Å². The summed E-state index contributed by atoms with van der Waals surface area (Å²) in [6.07, 6.45) is 0. The molecule has 0 amide bonds. The fraction of sp³-hybridized carbons (Fsp3) is 0.143. The van der Waals surface area contributed by atoms with E-state index in [2.05, 4.69) is 0 Å². The Morgan fingerprint density at radius 1 is 1.31 bits per heavy atom. The van der Waals surface area contributed by atoms with Crippen molar-refractivity contribution < 1.29 is 8.60 Å². The maximum absolute atomic E-state index is 12.9. The first kappa shape index (κ1) is 10.8. The van der Waals surface area contributed by atoms with Crippen LogP contribution in [0.4, 0.5) is 4.39 Å². The maximum atomic E-state index is 12.9. The predicted octanol–water partition coefficient (Wildman–Crippen LogP) is 3.15. The van der Waals surface area contributed by atoms with Crippen molar-refractivity contribution in [1.29, 1.82) is 4.78 Å². The topological polar surface area (TPSA) is 40.9 Å². The molecule has 0 saturated carbocycles. The summed E-state index contributed by atoms with van der Waals surface area (Å²) >= 11 is 9.99. The van der Waals surface area contributed by atoms with E-state index in [0.717, 1.165) is 0 Å². The molecule has 0 bridgehead atoms. The molecule has 0 aliphatic heterocycles. The molecular weight excluding hydrogens is 236 g/mol. The van der Waals surface area contributed by atoms with Gasteiger partial charge in [0.2, 0.25) is 0 Å². The molecule has 1 rings (SSSR count). The summed E-state index contributed by atoms with van der Waals surface area (Å²) < 4.78 is 28.5. The average Bonchev–Trinajstić information content (AvgIpc) is 2.04. The third kappa shape index (κ3) is 2.13. The van der Waals surface area contributed by atoms with E-state index >= 15 is 0 Å². The minimum Gasteiger partial charge on any atom is -0.244 e. The van der Waals surface area contributed by atoms with Crippen LogP contribution in [0.5, 0.6) is 0 Å². The molecule has 6 heteroatoms. The summed E-state index contributed by atoms with van der Waals surface area (Å²) in [7, 11) is -3.81. The molecular formula is C7H6Cl2FNOS. The molecule has 13 heavy (non-hydrogen) atoms. The van der Waals surface area contributed by atoms with Crippen molar-refractivity contribution in [3.8, 4) is 0 Å². The zero-order valence-corrected chi connectivity index (χ0v) is 8.67. The van der Waals surface area contributed by atoms with Gasteiger partial charge < -0.3 is 0 Å². The quantitative estimate of drug-likeness (QED) is 0.795. The zero-order chi connectivity index (χ0) is 10.1. The summed E-state index contributed by atoms with van der Waals surface area (Å²) in [6, 6.07) is 7.40. The van der Waals surface area contributed by atoms with E-state index in [1.165, 1.54) is 24.3 Å². The fourth-order valence-corrected chi connectivity index (χ4v) is 2.09. The van der Waals surface area contributed by atoms with Crippen LogP contribution in [0.1, 0.15) is 0 Å². The SMILES string of the molecule is N=S(=O)(c1ccccc1)C(F)(Cl)Cl. The van der Waals surface area contributed by atoms with Gasteiger partial charge in [-0.3, -0.25) is 0 Å². The van der Waals surface area contributed by atoms with E-state index in [-0.39, 0.29) is 4.90 Å². The molecule has 0 radical (unpaired) electrons. The predicted molar refractivity (Wildman–Crippen MR) is 51.1 cm³/mol. The summed E-state index contributed by atoms with van der Waals surface area (Å²) in [5, 5.41) is 0. The molecule has 1 aromatic rings. The monoisotopic (exact) mass is 241 g/mol. The average molecular weight is 242 g/mol. The lowest BCUT2D eigenvalue weighted by Crippen LogP contribution is -2.19. The van der Waals surface area contributed by atoms with Crippen molar-refractivity contribution in [2.24, 2.45) is 0 Å². The van der Waals surface area contributed by atoms with Crippen LogP contribution in [0.25, 0.3) is 0 Å². The van der Waals surface area contributed by atoms with Crippen LogP contribution in [0.15, 0.2) is 35.2 Å². The molecule has 2 nitrogen and oxygen atoms in total. The van der Waals surface area contributed by atoms with Gasteiger partial charge in [0.25, 0.3) is 0 Å². The summed E-state index contributed by atoms with van der Waals surface area (Å²) in [5.74, 6) is 0. The summed E-state index contributed by atoms with van der Waals surface area (Å²) in [5.41, 5.74) is 0. The fourth-order valence-electron chi connectivity index (χ4n) is 0.746. The van der Waals surface area contributed by atoms with E-state index in [1.807, 2.05) is 0 Å². The number of benzene rings is 1. The number of rotatable bonds is 2. The molecule has 0 fully saturated rings. The molecule has 1 atom stereocenters. The highest BCUT2D eigenvalue weighted by Crippen LogP contribution is 2.35. The maximum Gasteiger partial charge on any atom is 0.344 e. The van der Waals surface area contributed by atoms with Gasteiger partial charge in [-0.15, -0.1) is 0 Å².